The van der Waals surface area contributed by atoms with Gasteiger partial charge in [-0.15, -0.1) is 0 Å². The van der Waals surface area contributed by atoms with E-state index in [9.17, 15) is 16.8 Å². The van der Waals surface area contributed by atoms with Crippen LogP contribution in [0.5, 0.6) is 11.5 Å². The van der Waals surface area contributed by atoms with Crippen molar-refractivity contribution in [3.8, 4) is 11.5 Å². The van der Waals surface area contributed by atoms with Gasteiger partial charge in [0.25, 0.3) is 20.2 Å². The molecule has 0 fully saturated rings. The van der Waals surface area contributed by atoms with Crippen molar-refractivity contribution >= 4 is 20.2 Å². The zero-order valence-electron chi connectivity index (χ0n) is 18.7. The molecule has 0 atom stereocenters. The predicted molar refractivity (Wildman–Crippen MR) is 121 cm³/mol. The van der Waals surface area contributed by atoms with E-state index in [0.717, 1.165) is 12.1 Å². The van der Waals surface area contributed by atoms with Gasteiger partial charge in [0.05, 0.1) is 39.6 Å². The Balaban J connectivity index is 0.000000484. The summed E-state index contributed by atoms with van der Waals surface area (Å²) in [5, 5.41) is 34.4. The number of rotatable bonds is 9. The van der Waals surface area contributed by atoms with Crippen LogP contribution in [0.2, 0.25) is 0 Å². The van der Waals surface area contributed by atoms with E-state index in [0.29, 0.717) is 37.6 Å². The molecule has 0 amide bonds. The minimum Gasteiger partial charge on any atom is -0.508 e. The number of benzene rings is 2. The number of hydrogen-bond donors (Lipinski definition) is 6. The molecular weight excluding hydrogens is 496 g/mol. The second-order valence-electron chi connectivity index (χ2n) is 6.52. The maximum atomic E-state index is 10.7. The van der Waals surface area contributed by atoms with Crippen molar-refractivity contribution in [1.82, 2.24) is 0 Å². The second-order valence-corrected chi connectivity index (χ2v) is 9.30. The molecule has 0 aromatic heterocycles. The van der Waals surface area contributed by atoms with Gasteiger partial charge in [-0.1, -0.05) is 12.1 Å². The van der Waals surface area contributed by atoms with Crippen molar-refractivity contribution in [3.05, 3.63) is 47.5 Å². The summed E-state index contributed by atoms with van der Waals surface area (Å²) in [6.07, 6.45) is 0. The Morgan fingerprint density at radius 3 is 1.21 bits per heavy atom. The molecule has 0 radical (unpaired) electrons. The zero-order valence-corrected chi connectivity index (χ0v) is 20.3. The van der Waals surface area contributed by atoms with Crippen molar-refractivity contribution in [2.24, 2.45) is 0 Å². The third kappa shape index (κ3) is 13.4. The molecule has 12 nitrogen and oxygen atoms in total. The van der Waals surface area contributed by atoms with Crippen molar-refractivity contribution in [2.75, 3.05) is 39.6 Å². The Morgan fingerprint density at radius 2 is 0.971 bits per heavy atom. The fourth-order valence-electron chi connectivity index (χ4n) is 2.18. The van der Waals surface area contributed by atoms with Crippen molar-refractivity contribution < 1.29 is 55.8 Å². The molecule has 0 bridgehead atoms. The Morgan fingerprint density at radius 1 is 0.647 bits per heavy atom. The molecule has 2 aromatic rings. The van der Waals surface area contributed by atoms with Gasteiger partial charge in [0, 0.05) is 12.1 Å². The normalized spacial score (nSPS) is 11.1. The van der Waals surface area contributed by atoms with E-state index < -0.39 is 20.2 Å². The van der Waals surface area contributed by atoms with Crippen LogP contribution >= 0.6 is 0 Å². The van der Waals surface area contributed by atoms with E-state index in [4.69, 9.17) is 39.0 Å². The summed E-state index contributed by atoms with van der Waals surface area (Å²) in [4.78, 5) is -0.523. The average molecular weight is 527 g/mol. The Kier molecular flexibility index (Phi) is 14.5. The van der Waals surface area contributed by atoms with Crippen molar-refractivity contribution in [1.29, 1.82) is 0 Å². The molecule has 2 rings (SSSR count). The topological polar surface area (TPSA) is 208 Å². The standard InChI is InChI=1S/2C7H8O4S.C6H14O4/c2*1-5-2-3-6(8)4-7(5)12(9,10)11;7-1-3-9-5-6-10-4-2-8/h2*2-4,8H,1H3,(H,9,10,11);7-8H,1-6H2. The summed E-state index contributed by atoms with van der Waals surface area (Å²) in [6, 6.07) is 7.54. The van der Waals surface area contributed by atoms with Crippen LogP contribution in [-0.4, -0.2) is 86.0 Å². The number of aliphatic hydroxyl groups is 2. The molecule has 194 valence electrons. The molecule has 2 aromatic carbocycles. The van der Waals surface area contributed by atoms with Crippen molar-refractivity contribution in [2.45, 2.75) is 23.6 Å². The van der Waals surface area contributed by atoms with Gasteiger partial charge in [0.1, 0.15) is 21.3 Å². The molecule has 0 unspecified atom stereocenters. The molecule has 34 heavy (non-hydrogen) atoms. The second kappa shape index (κ2) is 15.6. The maximum Gasteiger partial charge on any atom is 0.294 e. The molecule has 6 N–H and O–H groups in total. The smallest absolute Gasteiger partial charge is 0.294 e. The van der Waals surface area contributed by atoms with Crippen LogP contribution in [0, 0.1) is 13.8 Å². The van der Waals surface area contributed by atoms with Crippen LogP contribution in [0.3, 0.4) is 0 Å². The molecule has 0 aliphatic rings. The number of aryl methyl sites for hydroxylation is 2. The monoisotopic (exact) mass is 526 g/mol. The lowest BCUT2D eigenvalue weighted by Gasteiger charge is -2.01. The molecular formula is C20H30O12S2. The highest BCUT2D eigenvalue weighted by Gasteiger charge is 2.13. The molecule has 0 aliphatic heterocycles. The van der Waals surface area contributed by atoms with Crippen LogP contribution in [0.1, 0.15) is 11.1 Å². The molecule has 0 saturated heterocycles. The highest BCUT2D eigenvalue weighted by molar-refractivity contribution is 7.86. The van der Waals surface area contributed by atoms with Gasteiger partial charge < -0.3 is 29.9 Å². The van der Waals surface area contributed by atoms with Gasteiger partial charge in [-0.3, -0.25) is 9.11 Å². The number of aromatic hydroxyl groups is 2. The van der Waals surface area contributed by atoms with Crippen molar-refractivity contribution in [3.63, 3.8) is 0 Å². The van der Waals surface area contributed by atoms with E-state index in [2.05, 4.69) is 0 Å². The summed E-state index contributed by atoms with van der Waals surface area (Å²) >= 11 is 0. The summed E-state index contributed by atoms with van der Waals surface area (Å²) < 4.78 is 69.7. The van der Waals surface area contributed by atoms with Gasteiger partial charge in [-0.25, -0.2) is 0 Å². The summed E-state index contributed by atoms with van der Waals surface area (Å²) in [5.74, 6) is -0.374. The molecule has 14 heteroatoms. The van der Waals surface area contributed by atoms with Crippen LogP contribution in [0.15, 0.2) is 46.2 Å². The van der Waals surface area contributed by atoms with Crippen LogP contribution in [-0.2, 0) is 29.7 Å². The van der Waals surface area contributed by atoms with E-state index in [-0.39, 0.29) is 34.5 Å². The predicted octanol–water partition coefficient (Wildman–Crippen LogP) is 0.899. The third-order valence-electron chi connectivity index (χ3n) is 3.74. The fraction of sp³-hybridized carbons (Fsp3) is 0.400. The zero-order chi connectivity index (χ0) is 26.4. The Labute approximate surface area is 198 Å². The van der Waals surface area contributed by atoms with E-state index in [1.54, 1.807) is 0 Å². The van der Waals surface area contributed by atoms with Gasteiger partial charge in [0.15, 0.2) is 0 Å². The highest BCUT2D eigenvalue weighted by Crippen LogP contribution is 2.20. The van der Waals surface area contributed by atoms with E-state index in [1.165, 1.54) is 38.1 Å². The quantitative estimate of drug-likeness (QED) is 0.199. The van der Waals surface area contributed by atoms with Crippen LogP contribution in [0.4, 0.5) is 0 Å². The largest absolute Gasteiger partial charge is 0.508 e. The molecule has 0 aliphatic carbocycles. The molecule has 0 heterocycles. The summed E-state index contributed by atoms with van der Waals surface area (Å²) in [7, 11) is -8.43. The van der Waals surface area contributed by atoms with Gasteiger partial charge in [-0.2, -0.15) is 16.8 Å². The lowest BCUT2D eigenvalue weighted by molar-refractivity contribution is 0.0222. The third-order valence-corrected chi connectivity index (χ3v) is 5.73. The van der Waals surface area contributed by atoms with E-state index in [1.807, 2.05) is 0 Å². The lowest BCUT2D eigenvalue weighted by Crippen LogP contribution is -2.09. The minimum atomic E-state index is -4.22. The average Bonchev–Trinajstić information content (AvgIpc) is 2.73. The minimum absolute atomic E-state index is 0.0417. The van der Waals surface area contributed by atoms with Crippen LogP contribution in [0.25, 0.3) is 0 Å². The van der Waals surface area contributed by atoms with Crippen LogP contribution < -0.4 is 0 Å². The maximum absolute atomic E-state index is 10.7. The first-order valence-corrected chi connectivity index (χ1v) is 12.5. The lowest BCUT2D eigenvalue weighted by atomic mass is 10.2. The molecule has 0 spiro atoms. The Bertz CT molecular complexity index is 995. The Hall–Kier alpha value is -2.30. The van der Waals surface area contributed by atoms with E-state index >= 15 is 0 Å². The number of phenolic OH excluding ortho intramolecular Hbond substituents is 2. The number of phenols is 2. The summed E-state index contributed by atoms with van der Waals surface area (Å²) in [5.41, 5.74) is 0.797. The van der Waals surface area contributed by atoms with Gasteiger partial charge in [-0.05, 0) is 37.1 Å². The first-order valence-electron chi connectivity index (χ1n) is 9.65. The van der Waals surface area contributed by atoms with Gasteiger partial charge in [0.2, 0.25) is 0 Å². The molecule has 0 saturated carbocycles. The number of hydrogen-bond acceptors (Lipinski definition) is 10. The summed E-state index contributed by atoms with van der Waals surface area (Å²) in [6.45, 7) is 4.79. The first kappa shape index (κ1) is 31.7. The SMILES string of the molecule is Cc1ccc(O)cc1S(=O)(=O)O.Cc1ccc(O)cc1S(=O)(=O)O.OCCOCCOCCO. The number of aliphatic hydroxyl groups excluding tert-OH is 2. The first-order chi connectivity index (χ1) is 15.7. The highest BCUT2D eigenvalue weighted by atomic mass is 32.2. The fourth-order valence-corrected chi connectivity index (χ4v) is 3.67. The number of ether oxygens (including phenoxy) is 2. The van der Waals surface area contributed by atoms with Gasteiger partial charge >= 0.3 is 0 Å².